The van der Waals surface area contributed by atoms with E-state index in [4.69, 9.17) is 5.53 Å². The van der Waals surface area contributed by atoms with Crippen molar-refractivity contribution in [3.05, 3.63) is 10.4 Å². The molecular weight excluding hydrogens is 516 g/mol. The first-order valence-electron chi connectivity index (χ1n) is 14.5. The summed E-state index contributed by atoms with van der Waals surface area (Å²) in [6.45, 7) is 12.3. The lowest BCUT2D eigenvalue weighted by Crippen LogP contribution is -2.65. The average molecular weight is 569 g/mol. The highest BCUT2D eigenvalue weighted by Gasteiger charge is 2.30. The molecule has 1 saturated heterocycles. The van der Waals surface area contributed by atoms with Gasteiger partial charge in [0, 0.05) is 110 Å². The van der Waals surface area contributed by atoms with Crippen molar-refractivity contribution >= 4 is 17.7 Å². The Morgan fingerprint density at radius 3 is 1.98 bits per heavy atom. The third-order valence-corrected chi connectivity index (χ3v) is 6.23. The van der Waals surface area contributed by atoms with Crippen LogP contribution in [0.4, 0.5) is 0 Å². The molecule has 230 valence electrons. The predicted octanol–water partition coefficient (Wildman–Crippen LogP) is -2.09. The van der Waals surface area contributed by atoms with Gasteiger partial charge in [0.1, 0.15) is 0 Å². The lowest BCUT2D eigenvalue weighted by Gasteiger charge is -2.36. The molecule has 0 aromatic rings. The zero-order valence-electron chi connectivity index (χ0n) is 24.2. The summed E-state index contributed by atoms with van der Waals surface area (Å²) in [5, 5.41) is 32.8. The molecule has 0 aliphatic carbocycles. The molecule has 1 heterocycles. The monoisotopic (exact) mass is 568 g/mol. The van der Waals surface area contributed by atoms with Gasteiger partial charge in [-0.1, -0.05) is 5.11 Å². The number of carbonyl (C=O) groups is 3. The molecule has 15 heteroatoms. The molecule has 3 amide bonds. The number of hydrogen-bond donors (Lipinski definition) is 9. The quantitative estimate of drug-likeness (QED) is 0.0407. The number of hydrogen-bond acceptors (Lipinski definition) is 10. The summed E-state index contributed by atoms with van der Waals surface area (Å²) in [6.07, 6.45) is 2.77. The Morgan fingerprint density at radius 2 is 1.35 bits per heavy atom. The number of nitrogens with zero attached hydrogens (tertiary/aromatic N) is 3. The van der Waals surface area contributed by atoms with Crippen molar-refractivity contribution < 1.29 is 14.4 Å². The van der Waals surface area contributed by atoms with E-state index in [9.17, 15) is 14.4 Å². The van der Waals surface area contributed by atoms with Crippen LogP contribution in [0.2, 0.25) is 0 Å². The van der Waals surface area contributed by atoms with Crippen LogP contribution < -0.4 is 47.9 Å². The van der Waals surface area contributed by atoms with Crippen molar-refractivity contribution in [2.75, 3.05) is 98.2 Å². The van der Waals surface area contributed by atoms with Crippen LogP contribution in [0.15, 0.2) is 5.11 Å². The molecule has 0 aromatic heterocycles. The average Bonchev–Trinajstić information content (AvgIpc) is 2.92. The maximum atomic E-state index is 12.0. The van der Waals surface area contributed by atoms with Crippen LogP contribution in [0.1, 0.15) is 39.0 Å². The van der Waals surface area contributed by atoms with Gasteiger partial charge in [-0.3, -0.25) is 14.4 Å². The Morgan fingerprint density at radius 1 is 0.775 bits per heavy atom. The highest BCUT2D eigenvalue weighted by molar-refractivity contribution is 5.78. The summed E-state index contributed by atoms with van der Waals surface area (Å²) in [4.78, 5) is 38.4. The third-order valence-electron chi connectivity index (χ3n) is 6.23. The van der Waals surface area contributed by atoms with Crippen LogP contribution in [0, 0.1) is 0 Å². The van der Waals surface area contributed by atoms with Crippen molar-refractivity contribution in [2.24, 2.45) is 5.11 Å². The molecule has 0 bridgehead atoms. The van der Waals surface area contributed by atoms with Crippen LogP contribution >= 0.6 is 0 Å². The van der Waals surface area contributed by atoms with Gasteiger partial charge in [-0.15, -0.1) is 0 Å². The molecule has 1 aliphatic rings. The van der Waals surface area contributed by atoms with Gasteiger partial charge in [0.25, 0.3) is 0 Å². The SMILES string of the molecule is CC(=O)NC1(CNCCNCCNC(=O)CCCC(=O)NCCCN=[N+]=[N-])CNCCNCCCNCCNC1. The maximum Gasteiger partial charge on any atom is 0.220 e. The normalized spacial score (nSPS) is 16.6. The molecule has 1 fully saturated rings. The fraction of sp³-hybridized carbons (Fsp3) is 0.880. The summed E-state index contributed by atoms with van der Waals surface area (Å²) in [6, 6.07) is 0. The second kappa shape index (κ2) is 24.3. The van der Waals surface area contributed by atoms with E-state index in [1.54, 1.807) is 6.92 Å². The molecule has 0 saturated carbocycles. The summed E-state index contributed by atoms with van der Waals surface area (Å²) in [5.74, 6) is -0.238. The molecular formula is C25H52N12O3. The van der Waals surface area contributed by atoms with E-state index in [1.807, 2.05) is 0 Å². The van der Waals surface area contributed by atoms with E-state index in [0.717, 1.165) is 58.8 Å². The van der Waals surface area contributed by atoms with Gasteiger partial charge in [-0.25, -0.2) is 0 Å². The van der Waals surface area contributed by atoms with E-state index in [0.29, 0.717) is 65.1 Å². The zero-order chi connectivity index (χ0) is 29.2. The lowest BCUT2D eigenvalue weighted by molar-refractivity contribution is -0.123. The molecule has 0 radical (unpaired) electrons. The summed E-state index contributed by atoms with van der Waals surface area (Å²) in [7, 11) is 0. The first-order chi connectivity index (χ1) is 19.5. The van der Waals surface area contributed by atoms with E-state index in [1.165, 1.54) is 0 Å². The van der Waals surface area contributed by atoms with Crippen molar-refractivity contribution in [3.63, 3.8) is 0 Å². The van der Waals surface area contributed by atoms with Crippen molar-refractivity contribution in [3.8, 4) is 0 Å². The van der Waals surface area contributed by atoms with Crippen LogP contribution in [0.25, 0.3) is 10.4 Å². The fourth-order valence-corrected chi connectivity index (χ4v) is 4.22. The molecule has 40 heavy (non-hydrogen) atoms. The largest absolute Gasteiger partial charge is 0.356 e. The minimum Gasteiger partial charge on any atom is -0.356 e. The molecule has 0 aromatic carbocycles. The van der Waals surface area contributed by atoms with E-state index in [2.05, 4.69) is 57.9 Å². The van der Waals surface area contributed by atoms with Crippen LogP contribution in [0.5, 0.6) is 0 Å². The number of amides is 3. The molecule has 0 atom stereocenters. The minimum absolute atomic E-state index is 0.0560. The van der Waals surface area contributed by atoms with Gasteiger partial charge in [0.15, 0.2) is 0 Å². The lowest BCUT2D eigenvalue weighted by atomic mass is 9.98. The van der Waals surface area contributed by atoms with E-state index in [-0.39, 0.29) is 24.1 Å². The predicted molar refractivity (Wildman–Crippen MR) is 157 cm³/mol. The number of rotatable bonds is 17. The highest BCUT2D eigenvalue weighted by atomic mass is 16.2. The molecule has 1 aliphatic heterocycles. The van der Waals surface area contributed by atoms with Gasteiger partial charge in [0.05, 0.1) is 5.54 Å². The third kappa shape index (κ3) is 20.4. The Kier molecular flexibility index (Phi) is 21.6. The molecule has 9 N–H and O–H groups in total. The second-order valence-corrected chi connectivity index (χ2v) is 9.96. The molecule has 15 nitrogen and oxygen atoms in total. The van der Waals surface area contributed by atoms with Crippen molar-refractivity contribution in [1.82, 2.24) is 47.9 Å². The first-order valence-corrected chi connectivity index (χ1v) is 14.5. The smallest absolute Gasteiger partial charge is 0.220 e. The van der Waals surface area contributed by atoms with Crippen LogP contribution in [0.3, 0.4) is 0 Å². The van der Waals surface area contributed by atoms with Crippen molar-refractivity contribution in [1.29, 1.82) is 0 Å². The van der Waals surface area contributed by atoms with Crippen LogP contribution in [-0.4, -0.2) is 121 Å². The first kappa shape index (κ1) is 35.5. The van der Waals surface area contributed by atoms with E-state index < -0.39 is 5.54 Å². The van der Waals surface area contributed by atoms with Gasteiger partial charge in [-0.05, 0) is 37.9 Å². The van der Waals surface area contributed by atoms with Crippen LogP contribution in [-0.2, 0) is 14.4 Å². The summed E-state index contributed by atoms with van der Waals surface area (Å²) in [5.41, 5.74) is 7.76. The molecule has 0 spiro atoms. The summed E-state index contributed by atoms with van der Waals surface area (Å²) < 4.78 is 0. The molecule has 1 rings (SSSR count). The zero-order valence-corrected chi connectivity index (χ0v) is 24.2. The highest BCUT2D eigenvalue weighted by Crippen LogP contribution is 2.02. The molecule has 0 unspecified atom stereocenters. The number of nitrogens with one attached hydrogen (secondary N) is 9. The minimum atomic E-state index is -0.452. The van der Waals surface area contributed by atoms with Gasteiger partial charge < -0.3 is 47.9 Å². The van der Waals surface area contributed by atoms with E-state index >= 15 is 0 Å². The Bertz CT molecular complexity index is 735. The fourth-order valence-electron chi connectivity index (χ4n) is 4.22. The Labute approximate surface area is 238 Å². The van der Waals surface area contributed by atoms with Gasteiger partial charge in [0.2, 0.25) is 17.7 Å². The second-order valence-electron chi connectivity index (χ2n) is 9.96. The summed E-state index contributed by atoms with van der Waals surface area (Å²) >= 11 is 0. The topological polar surface area (TPSA) is 208 Å². The standard InChI is InChI=1S/C25H52N12O3/c1-22(38)36-25(19-30-14-11-27-7-3-8-28-12-15-31-20-25)21-32-16-13-29-17-18-34-24(40)6-2-5-23(39)33-9-4-10-35-37-26/h27-32H,2-21H2,1H3,(H,33,39)(H,34,40)(H,36,38). The van der Waals surface area contributed by atoms with Crippen molar-refractivity contribution in [2.45, 2.75) is 44.6 Å². The number of carbonyl (C=O) groups excluding carboxylic acids is 3. The number of azide groups is 1. The van der Waals surface area contributed by atoms with Gasteiger partial charge in [-0.2, -0.15) is 0 Å². The van der Waals surface area contributed by atoms with Gasteiger partial charge >= 0.3 is 0 Å². The Balaban J connectivity index is 2.21. The Hall–Kier alpha value is -2.52. The maximum absolute atomic E-state index is 12.0.